The van der Waals surface area contributed by atoms with Crippen molar-refractivity contribution in [3.63, 3.8) is 0 Å². The standard InChI is InChI=1S/2C49H34NOP/c1-49(2)42-22-9-6-16-35(42)36-27-26-31(28-43(36)49)33-19-12-21-37-34(33)20-13-24-45(37)50-44-23-10-7-17-38(44)40-30-48-41(29-46(40)50)39-18-8-11-25-47(39)52(48,51)32-14-4-3-5-15-32;1-49(2)43-17-9-6-14-37(43)38-25-23-34(28-44(38)49)31-20-21-33-27-35(24-22-32(33)26-31)50-45-18-10-7-15-39(45)41-30-48-42(29-46(41)50)40-16-8-11-19-47(40)52(48,51)36-12-4-3-5-13-36/h2*3-30H,1-2H3. The van der Waals surface area contributed by atoms with Crippen LogP contribution >= 0.6 is 14.3 Å². The molecule has 2 aromatic heterocycles. The Morgan fingerprint density at radius 3 is 1.25 bits per heavy atom. The van der Waals surface area contributed by atoms with Gasteiger partial charge in [0.25, 0.3) is 0 Å². The van der Waals surface area contributed by atoms with Gasteiger partial charge in [-0.1, -0.05) is 295 Å². The van der Waals surface area contributed by atoms with E-state index in [1.807, 2.05) is 72.8 Å². The van der Waals surface area contributed by atoms with Crippen molar-refractivity contribution >= 4 is 111 Å². The summed E-state index contributed by atoms with van der Waals surface area (Å²) in [6.07, 6.45) is 0. The van der Waals surface area contributed by atoms with Gasteiger partial charge in [0, 0.05) is 75.3 Å². The molecule has 0 spiro atoms. The fraction of sp³-hybridized carbons (Fsp3) is 0.0612. The van der Waals surface area contributed by atoms with E-state index in [4.69, 9.17) is 0 Å². The normalized spacial score (nSPS) is 16.6. The summed E-state index contributed by atoms with van der Waals surface area (Å²) in [7, 11) is -6.12. The minimum atomic E-state index is -3.07. The second-order valence-corrected chi connectivity index (χ2v) is 35.1. The van der Waals surface area contributed by atoms with E-state index in [2.05, 4.69) is 304 Å². The number of fused-ring (bicyclic) bond motifs is 20. The quantitative estimate of drug-likeness (QED) is 0.156. The van der Waals surface area contributed by atoms with Crippen molar-refractivity contribution in [2.75, 3.05) is 0 Å². The molecular formula is C98H68N2O2P2. The summed E-state index contributed by atoms with van der Waals surface area (Å²) >= 11 is 0. The first-order valence-electron chi connectivity index (χ1n) is 36.1. The molecule has 0 bridgehead atoms. The molecule has 16 aromatic carbocycles. The highest BCUT2D eigenvalue weighted by Gasteiger charge is 2.43. The van der Waals surface area contributed by atoms with Crippen molar-refractivity contribution in [2.45, 2.75) is 38.5 Å². The van der Waals surface area contributed by atoms with Gasteiger partial charge in [0.15, 0.2) is 14.3 Å². The first kappa shape index (κ1) is 60.8. The summed E-state index contributed by atoms with van der Waals surface area (Å²) in [6.45, 7) is 9.37. The van der Waals surface area contributed by atoms with Crippen molar-refractivity contribution in [3.8, 4) is 78.1 Å². The molecule has 104 heavy (non-hydrogen) atoms. The van der Waals surface area contributed by atoms with E-state index in [9.17, 15) is 0 Å². The van der Waals surface area contributed by atoms with Gasteiger partial charge >= 0.3 is 0 Å². The number of nitrogens with zero attached hydrogens (tertiary/aromatic N) is 2. The van der Waals surface area contributed by atoms with Crippen LogP contribution in [0.3, 0.4) is 0 Å². The molecule has 18 aromatic rings. The number of hydrogen-bond acceptors (Lipinski definition) is 2. The molecule has 0 N–H and O–H groups in total. The number of benzene rings is 16. The minimum Gasteiger partial charge on any atom is -0.309 e. The van der Waals surface area contributed by atoms with Gasteiger partial charge in [-0.15, -0.1) is 0 Å². The van der Waals surface area contributed by atoms with Crippen molar-refractivity contribution in [1.82, 2.24) is 9.13 Å². The zero-order valence-electron chi connectivity index (χ0n) is 57.9. The zero-order valence-corrected chi connectivity index (χ0v) is 59.7. The summed E-state index contributed by atoms with van der Waals surface area (Å²) < 4.78 is 35.6. The molecule has 0 fully saturated rings. The Bertz CT molecular complexity index is 6870. The highest BCUT2D eigenvalue weighted by Crippen LogP contribution is 2.57. The SMILES string of the molecule is CC1(C)c2ccccc2-c2ccc(-c3ccc4cc(-n5c6ccccc6c6cc7c(cc65)-c5ccccc5P7(=O)c5ccccc5)ccc4c3)cc21.CC1(C)c2ccccc2-c2ccc(-c3cccc4c(-n5c6ccccc6c6cc7c(cc65)-c5ccccc5P7(=O)c5ccccc5)cccc34)cc21. The van der Waals surface area contributed by atoms with Crippen LogP contribution in [0.4, 0.5) is 0 Å². The minimum absolute atomic E-state index is 0.0311. The molecule has 22 rings (SSSR count). The first-order chi connectivity index (χ1) is 50.8. The van der Waals surface area contributed by atoms with E-state index in [0.717, 1.165) is 109 Å². The fourth-order valence-electron chi connectivity index (χ4n) is 18.6. The molecule has 0 saturated carbocycles. The lowest BCUT2D eigenvalue weighted by molar-refractivity contribution is 0.592. The van der Waals surface area contributed by atoms with E-state index in [0.29, 0.717) is 0 Å². The van der Waals surface area contributed by atoms with Crippen LogP contribution in [-0.4, -0.2) is 9.13 Å². The van der Waals surface area contributed by atoms with Crippen LogP contribution in [0.1, 0.15) is 49.9 Å². The average molecular weight is 1370 g/mol. The van der Waals surface area contributed by atoms with Crippen LogP contribution in [0.5, 0.6) is 0 Å². The van der Waals surface area contributed by atoms with Crippen LogP contribution in [-0.2, 0) is 20.0 Å². The summed E-state index contributed by atoms with van der Waals surface area (Å²) in [5.74, 6) is 0. The second kappa shape index (κ2) is 22.3. The summed E-state index contributed by atoms with van der Waals surface area (Å²) in [5, 5.41) is 14.9. The van der Waals surface area contributed by atoms with E-state index in [1.165, 1.54) is 88.3 Å². The Morgan fingerprint density at radius 2 is 0.654 bits per heavy atom. The zero-order chi connectivity index (χ0) is 69.5. The van der Waals surface area contributed by atoms with E-state index >= 15 is 9.13 Å². The van der Waals surface area contributed by atoms with E-state index < -0.39 is 14.3 Å². The molecular weight excluding hydrogens is 1300 g/mol. The van der Waals surface area contributed by atoms with E-state index in [1.54, 1.807) is 0 Å². The molecule has 4 aliphatic rings. The maximum atomic E-state index is 15.4. The molecule has 2 aliphatic heterocycles. The van der Waals surface area contributed by atoms with Gasteiger partial charge in [-0.3, -0.25) is 0 Å². The number of rotatable bonds is 6. The number of para-hydroxylation sites is 2. The van der Waals surface area contributed by atoms with Gasteiger partial charge in [-0.05, 0) is 178 Å². The topological polar surface area (TPSA) is 44.0 Å². The van der Waals surface area contributed by atoms with E-state index in [-0.39, 0.29) is 10.8 Å². The number of hydrogen-bond donors (Lipinski definition) is 0. The van der Waals surface area contributed by atoms with Gasteiger partial charge in [-0.25, -0.2) is 0 Å². The monoisotopic (exact) mass is 1370 g/mol. The molecule has 4 nitrogen and oxygen atoms in total. The fourth-order valence-corrected chi connectivity index (χ4v) is 24.7. The summed E-state index contributed by atoms with van der Waals surface area (Å²) in [4.78, 5) is 0. The van der Waals surface area contributed by atoms with Crippen molar-refractivity contribution in [2.24, 2.45) is 0 Å². The summed E-state index contributed by atoms with van der Waals surface area (Å²) in [6, 6.07) is 122. The lowest BCUT2D eigenvalue weighted by Gasteiger charge is -2.22. The lowest BCUT2D eigenvalue weighted by atomic mass is 9.81. The third-order valence-electron chi connectivity index (χ3n) is 23.6. The lowest BCUT2D eigenvalue weighted by Crippen LogP contribution is -2.20. The molecule has 0 saturated heterocycles. The molecule has 2 atom stereocenters. The van der Waals surface area contributed by atoms with Crippen LogP contribution in [0.25, 0.3) is 143 Å². The first-order valence-corrected chi connectivity index (χ1v) is 39.5. The van der Waals surface area contributed by atoms with Gasteiger partial charge in [0.1, 0.15) is 0 Å². The Morgan fingerprint density at radius 1 is 0.240 bits per heavy atom. The van der Waals surface area contributed by atoms with Crippen molar-refractivity contribution in [1.29, 1.82) is 0 Å². The van der Waals surface area contributed by atoms with Crippen LogP contribution in [0, 0.1) is 0 Å². The van der Waals surface area contributed by atoms with Crippen molar-refractivity contribution < 1.29 is 9.13 Å². The smallest absolute Gasteiger partial charge is 0.172 e. The van der Waals surface area contributed by atoms with Gasteiger partial charge < -0.3 is 18.3 Å². The average Bonchev–Trinajstić information content (AvgIpc) is 1.67. The third-order valence-corrected chi connectivity index (χ3v) is 29.9. The molecule has 6 heteroatoms. The van der Waals surface area contributed by atoms with Crippen LogP contribution in [0.15, 0.2) is 340 Å². The maximum Gasteiger partial charge on any atom is 0.172 e. The van der Waals surface area contributed by atoms with Gasteiger partial charge in [0.05, 0.1) is 27.8 Å². The highest BCUT2D eigenvalue weighted by atomic mass is 31.2. The largest absolute Gasteiger partial charge is 0.309 e. The predicted octanol–water partition coefficient (Wildman–Crippen LogP) is 23.1. The van der Waals surface area contributed by atoms with Crippen molar-refractivity contribution in [3.05, 3.63) is 362 Å². The Balaban J connectivity index is 0.000000134. The second-order valence-electron chi connectivity index (χ2n) is 29.7. The molecule has 0 radical (unpaired) electrons. The third kappa shape index (κ3) is 8.50. The van der Waals surface area contributed by atoms with Crippen LogP contribution < -0.4 is 31.8 Å². The predicted molar refractivity (Wildman–Crippen MR) is 439 cm³/mol. The highest BCUT2D eigenvalue weighted by molar-refractivity contribution is 7.87. The molecule has 2 unspecified atom stereocenters. The summed E-state index contributed by atoms with van der Waals surface area (Å²) in [5.41, 5.74) is 26.8. The molecule has 0 amide bonds. The molecule has 4 heterocycles. The molecule has 492 valence electrons. The maximum absolute atomic E-state index is 15.4. The van der Waals surface area contributed by atoms with Gasteiger partial charge in [0.2, 0.25) is 0 Å². The van der Waals surface area contributed by atoms with Crippen LogP contribution in [0.2, 0.25) is 0 Å². The Kier molecular flexibility index (Phi) is 13.0. The Labute approximate surface area is 604 Å². The molecule has 2 aliphatic carbocycles. The Hall–Kier alpha value is -11.9. The van der Waals surface area contributed by atoms with Gasteiger partial charge in [-0.2, -0.15) is 0 Å². The number of aromatic nitrogens is 2.